The van der Waals surface area contributed by atoms with E-state index in [2.05, 4.69) is 0 Å². The molecule has 64 valence electrons. The molecule has 0 fully saturated rings. The Morgan fingerprint density at radius 1 is 0.500 bits per heavy atom. The Balaban J connectivity index is 0. The molecule has 0 aromatic rings. The van der Waals surface area contributed by atoms with E-state index in [9.17, 15) is 0 Å². The summed E-state index contributed by atoms with van der Waals surface area (Å²) in [7, 11) is -6.17. The zero-order chi connectivity index (χ0) is 10.7. The van der Waals surface area contributed by atoms with E-state index in [-0.39, 0.29) is 37.7 Å². The minimum atomic E-state index is -6.17. The molecule has 0 aromatic carbocycles. The Morgan fingerprint density at radius 2 is 0.643 bits per heavy atom. The second-order valence-electron chi connectivity index (χ2n) is 1.80. The van der Waals surface area contributed by atoms with Crippen LogP contribution in [0.3, 0.4) is 0 Å². The molecule has 0 aliphatic heterocycles. The molecule has 0 spiro atoms. The fraction of sp³-hybridized carbons (Fsp3) is 0. The summed E-state index contributed by atoms with van der Waals surface area (Å²) >= 11 is 0. The fourth-order valence-corrected chi connectivity index (χ4v) is 1.09. The average Bonchev–Trinajstić information content (AvgIpc) is 2.26. The van der Waals surface area contributed by atoms with Crippen LogP contribution in [0.15, 0.2) is 0 Å². The van der Waals surface area contributed by atoms with Crippen LogP contribution in [-0.4, -0.2) is 37.7 Å². The molecule has 6 nitrogen and oxygen atoms in total. The first-order chi connectivity index (χ1) is 5.97. The summed E-state index contributed by atoms with van der Waals surface area (Å²) in [4.78, 5) is 6.19. The van der Waals surface area contributed by atoms with Crippen LogP contribution in [0.1, 0.15) is 0 Å². The third-order valence-corrected chi connectivity index (χ3v) is 4.89. The van der Waals surface area contributed by atoms with Crippen LogP contribution in [0.4, 0.5) is 0 Å². The summed E-state index contributed by atoms with van der Waals surface area (Å²) in [5.74, 6) is 0. The maximum absolute atomic E-state index is 8.58. The first kappa shape index (κ1) is 15.2. The van der Waals surface area contributed by atoms with Crippen molar-refractivity contribution in [2.45, 2.75) is 0 Å². The molecule has 0 rings (SSSR count). The summed E-state index contributed by atoms with van der Waals surface area (Å²) in [5.41, 5.74) is 0. The Labute approximate surface area is 109 Å². The molecule has 0 amide bonds. The molecule has 14 heavy (non-hydrogen) atoms. The van der Waals surface area contributed by atoms with Crippen molar-refractivity contribution in [3.63, 3.8) is 0 Å². The van der Waals surface area contributed by atoms with Crippen molar-refractivity contribution in [1.29, 1.82) is 31.6 Å². The van der Waals surface area contributed by atoms with Crippen molar-refractivity contribution in [3.05, 3.63) is 0 Å². The second-order valence-corrected chi connectivity index (χ2v) is 7.42. The summed E-state index contributed by atoms with van der Waals surface area (Å²) in [6.45, 7) is 0. The van der Waals surface area contributed by atoms with Gasteiger partial charge < -0.3 is 0 Å². The summed E-state index contributed by atoms with van der Waals surface area (Å²) in [6.07, 6.45) is 0. The van der Waals surface area contributed by atoms with E-state index in [4.69, 9.17) is 31.6 Å². The molecule has 0 saturated carbocycles. The number of rotatable bonds is 0. The molecule has 0 radical (unpaired) electrons. The largest absolute Gasteiger partial charge is 2.00 e. The van der Waals surface area contributed by atoms with Crippen molar-refractivity contribution in [1.82, 2.24) is 0 Å². The molecular weight excluding hydrogens is 252 g/mol. The van der Waals surface area contributed by atoms with Gasteiger partial charge in [-0.2, -0.15) is 0 Å². The van der Waals surface area contributed by atoms with Crippen LogP contribution in [0, 0.1) is 61.4 Å². The maximum atomic E-state index is 8.58. The van der Waals surface area contributed by atoms with Gasteiger partial charge in [0.2, 0.25) is 0 Å². The maximum Gasteiger partial charge on any atom is 2.00 e. The Bertz CT molecular complexity index is 392. The third kappa shape index (κ3) is 1.23. The van der Waals surface area contributed by atoms with Gasteiger partial charge >= 0.3 is 110 Å². The van der Waals surface area contributed by atoms with Crippen molar-refractivity contribution in [2.75, 3.05) is 0 Å². The Hall–Kier alpha value is -1.28. The van der Waals surface area contributed by atoms with Gasteiger partial charge in [-0.15, -0.1) is 0 Å². The first-order valence-corrected chi connectivity index (χ1v) is 5.71. The zero-order valence-electron chi connectivity index (χ0n) is 6.74. The Morgan fingerprint density at radius 3 is 0.643 bits per heavy atom. The number of nitriles is 6. The number of hydrogen-bond acceptors (Lipinski definition) is 6. The monoisotopic (exact) mass is 252 g/mol. The third-order valence-electron chi connectivity index (χ3n) is 1.19. The van der Waals surface area contributed by atoms with E-state index in [0.717, 1.165) is 29.8 Å². The summed E-state index contributed by atoms with van der Waals surface area (Å²) in [6, 6.07) is 0. The van der Waals surface area contributed by atoms with Gasteiger partial charge in [-0.25, -0.2) is 0 Å². The average molecular weight is 252 g/mol. The molecule has 8 heteroatoms. The molecule has 0 atom stereocenters. The summed E-state index contributed by atoms with van der Waals surface area (Å²) in [5, 5.41) is 51.5. The van der Waals surface area contributed by atoms with Gasteiger partial charge in [0.25, 0.3) is 0 Å². The van der Waals surface area contributed by atoms with Crippen LogP contribution in [0.5, 0.6) is 0 Å². The fourth-order valence-electron chi connectivity index (χ4n) is 0.265. The van der Waals surface area contributed by atoms with Crippen LogP contribution in [0.2, 0.25) is 0 Å². The van der Waals surface area contributed by atoms with Gasteiger partial charge in [0.15, 0.2) is 0 Å². The summed E-state index contributed by atoms with van der Waals surface area (Å²) < 4.78 is 0. The van der Waals surface area contributed by atoms with E-state index in [1.807, 2.05) is 0 Å². The van der Waals surface area contributed by atoms with E-state index in [1.54, 1.807) is 0 Å². The van der Waals surface area contributed by atoms with E-state index in [1.165, 1.54) is 0 Å². The molecule has 0 unspecified atom stereocenters. The molecule has 0 bridgehead atoms. The van der Waals surface area contributed by atoms with Crippen molar-refractivity contribution < 1.29 is 10.7 Å². The molecule has 0 N–H and O–H groups in total. The van der Waals surface area contributed by atoms with Crippen LogP contribution in [0.25, 0.3) is 0 Å². The predicted octanol–water partition coefficient (Wildman–Crippen LogP) is -0.283. The smallest absolute Gasteiger partial charge is 2.00 e. The molecule has 0 aliphatic rings. The number of nitrogens with zero attached hydrogens (tertiary/aromatic N) is 6. The topological polar surface area (TPSA) is 143 Å². The van der Waals surface area contributed by atoms with E-state index in [0.29, 0.717) is 0 Å². The van der Waals surface area contributed by atoms with Crippen LogP contribution >= 0.6 is 0 Å². The first-order valence-electron chi connectivity index (χ1n) is 2.40. The number of hydrogen-bond donors (Lipinski definition) is 0. The molecular formula is C6CaFeN6. The molecule has 0 aromatic heterocycles. The van der Waals surface area contributed by atoms with Crippen LogP contribution in [-0.2, 0) is 10.7 Å². The van der Waals surface area contributed by atoms with Crippen LogP contribution < -0.4 is 0 Å². The van der Waals surface area contributed by atoms with Gasteiger partial charge in [-0.05, 0) is 0 Å². The molecule has 0 heterocycles. The zero-order valence-corrected chi connectivity index (χ0v) is 10.1. The molecule has 0 aliphatic carbocycles. The second kappa shape index (κ2) is 3.46. The van der Waals surface area contributed by atoms with Crippen molar-refractivity contribution in [2.24, 2.45) is 0 Å². The SMILES string of the molecule is N#[C][Fe-2]([C]#N)([C]#N)([C]#N)([C]#N)[C]#N.[Ca+2]. The standard InChI is InChI=1S/6CN.Ca.Fe/c6*1-2;;/q;;;;;;+2;-2. The minimum Gasteiger partial charge on any atom is 2.00 e. The van der Waals surface area contributed by atoms with E-state index < -0.39 is 10.7 Å². The van der Waals surface area contributed by atoms with Crippen molar-refractivity contribution >= 4 is 37.7 Å². The van der Waals surface area contributed by atoms with Gasteiger partial charge in [0, 0.05) is 0 Å². The van der Waals surface area contributed by atoms with Gasteiger partial charge in [-0.3, -0.25) is 0 Å². The quantitative estimate of drug-likeness (QED) is 0.542. The minimum absolute atomic E-state index is 0. The Kier molecular flexibility index (Phi) is 3.76. The van der Waals surface area contributed by atoms with Gasteiger partial charge in [0.05, 0.1) is 0 Å². The van der Waals surface area contributed by atoms with Crippen molar-refractivity contribution in [3.8, 4) is 29.8 Å². The van der Waals surface area contributed by atoms with Gasteiger partial charge in [-0.1, -0.05) is 0 Å². The molecule has 0 saturated heterocycles. The van der Waals surface area contributed by atoms with E-state index >= 15 is 0 Å². The van der Waals surface area contributed by atoms with Gasteiger partial charge in [0.1, 0.15) is 0 Å². The normalized spacial score (nSPS) is 12.4. The predicted molar refractivity (Wildman–Crippen MR) is 39.4 cm³/mol.